The Labute approximate surface area is 210 Å². The Bertz CT molecular complexity index is 1040. The van der Waals surface area contributed by atoms with Crippen LogP contribution in [0.3, 0.4) is 0 Å². The number of pyridine rings is 1. The van der Waals surface area contributed by atoms with Crippen LogP contribution in [0.4, 0.5) is 11.4 Å². The fraction of sp³-hybridized carbons (Fsp3) is 0.520. The van der Waals surface area contributed by atoms with Gasteiger partial charge in [-0.3, -0.25) is 4.79 Å². The Morgan fingerprint density at radius 3 is 2.68 bits per heavy atom. The van der Waals surface area contributed by atoms with Gasteiger partial charge in [0.1, 0.15) is 11.9 Å². The van der Waals surface area contributed by atoms with Gasteiger partial charge < -0.3 is 24.4 Å². The molecule has 4 rings (SSSR count). The summed E-state index contributed by atoms with van der Waals surface area (Å²) in [4.78, 5) is 19.8. The number of rotatable bonds is 7. The van der Waals surface area contributed by atoms with Crippen molar-refractivity contribution in [3.63, 3.8) is 0 Å². The fourth-order valence-corrected chi connectivity index (χ4v) is 5.51. The molecule has 7 nitrogen and oxygen atoms in total. The molecule has 0 spiro atoms. The van der Waals surface area contributed by atoms with Gasteiger partial charge in [-0.1, -0.05) is 37.0 Å². The van der Waals surface area contributed by atoms with E-state index in [2.05, 4.69) is 28.6 Å². The SMILES string of the molecule is COc1cc(N2CCC(Oc3ccc(N4C[C@H](C)C[C@@H]4CC(=O)O)cc3Cl)C(C)C2)c(Cl)cn1. The number of nitrogens with zero attached hydrogens (tertiary/aromatic N) is 3. The predicted molar refractivity (Wildman–Crippen MR) is 135 cm³/mol. The molecular formula is C25H31Cl2N3O4. The highest BCUT2D eigenvalue weighted by molar-refractivity contribution is 6.33. The first kappa shape index (κ1) is 24.7. The molecule has 0 amide bonds. The van der Waals surface area contributed by atoms with E-state index in [1.54, 1.807) is 13.3 Å². The maximum atomic E-state index is 11.3. The lowest BCUT2D eigenvalue weighted by Crippen LogP contribution is -2.44. The quantitative estimate of drug-likeness (QED) is 0.538. The van der Waals surface area contributed by atoms with Crippen LogP contribution >= 0.6 is 23.2 Å². The second-order valence-electron chi connectivity index (χ2n) is 9.41. The number of carbonyl (C=O) groups is 1. The summed E-state index contributed by atoms with van der Waals surface area (Å²) in [5, 5.41) is 10.4. The maximum absolute atomic E-state index is 11.3. The molecule has 1 N–H and O–H groups in total. The average Bonchev–Trinajstić information content (AvgIpc) is 3.16. The van der Waals surface area contributed by atoms with Gasteiger partial charge in [-0.15, -0.1) is 0 Å². The minimum absolute atomic E-state index is 0.0154. The van der Waals surface area contributed by atoms with Crippen LogP contribution in [-0.4, -0.2) is 54.9 Å². The summed E-state index contributed by atoms with van der Waals surface area (Å²) in [6, 6.07) is 7.63. The number of halogens is 2. The maximum Gasteiger partial charge on any atom is 0.305 e. The molecule has 2 unspecified atom stereocenters. The van der Waals surface area contributed by atoms with Crippen molar-refractivity contribution in [3.8, 4) is 11.6 Å². The molecule has 0 saturated carbocycles. The fourth-order valence-electron chi connectivity index (χ4n) is 5.07. The Kier molecular flexibility index (Phi) is 7.63. The molecule has 1 aromatic heterocycles. The molecule has 34 heavy (non-hydrogen) atoms. The first-order valence-corrected chi connectivity index (χ1v) is 12.4. The predicted octanol–water partition coefficient (Wildman–Crippen LogP) is 5.38. The third-order valence-corrected chi connectivity index (χ3v) is 7.33. The lowest BCUT2D eigenvalue weighted by molar-refractivity contribution is -0.137. The molecule has 0 aliphatic carbocycles. The van der Waals surface area contributed by atoms with Crippen LogP contribution in [0.1, 0.15) is 33.1 Å². The van der Waals surface area contributed by atoms with E-state index < -0.39 is 5.97 Å². The van der Waals surface area contributed by atoms with E-state index in [9.17, 15) is 9.90 Å². The van der Waals surface area contributed by atoms with E-state index >= 15 is 0 Å². The highest BCUT2D eigenvalue weighted by Gasteiger charge is 2.32. The molecule has 0 bridgehead atoms. The van der Waals surface area contributed by atoms with Gasteiger partial charge in [0.25, 0.3) is 0 Å². The molecule has 2 saturated heterocycles. The number of aliphatic carboxylic acids is 1. The molecule has 3 heterocycles. The zero-order valence-corrected chi connectivity index (χ0v) is 21.2. The van der Waals surface area contributed by atoms with E-state index in [-0.39, 0.29) is 24.5 Å². The highest BCUT2D eigenvalue weighted by Crippen LogP contribution is 2.37. The molecule has 2 aromatic rings. The molecule has 2 aliphatic heterocycles. The average molecular weight is 508 g/mol. The van der Waals surface area contributed by atoms with E-state index in [0.717, 1.165) is 43.9 Å². The zero-order chi connectivity index (χ0) is 24.4. The highest BCUT2D eigenvalue weighted by atomic mass is 35.5. The monoisotopic (exact) mass is 507 g/mol. The van der Waals surface area contributed by atoms with Gasteiger partial charge in [0.15, 0.2) is 0 Å². The summed E-state index contributed by atoms with van der Waals surface area (Å²) in [6.07, 6.45) is 3.46. The first-order chi connectivity index (χ1) is 16.2. The van der Waals surface area contributed by atoms with Crippen LogP contribution in [0.5, 0.6) is 11.6 Å². The van der Waals surface area contributed by atoms with Gasteiger partial charge in [-0.25, -0.2) is 4.98 Å². The Morgan fingerprint density at radius 2 is 2.00 bits per heavy atom. The third kappa shape index (κ3) is 5.47. The molecule has 0 radical (unpaired) electrons. The van der Waals surface area contributed by atoms with E-state index in [1.165, 1.54) is 0 Å². The van der Waals surface area contributed by atoms with Gasteiger partial charge >= 0.3 is 5.97 Å². The lowest BCUT2D eigenvalue weighted by Gasteiger charge is -2.38. The Balaban J connectivity index is 1.42. The van der Waals surface area contributed by atoms with Crippen molar-refractivity contribution < 1.29 is 19.4 Å². The number of hydrogen-bond acceptors (Lipinski definition) is 6. The Morgan fingerprint density at radius 1 is 1.21 bits per heavy atom. The van der Waals surface area contributed by atoms with Gasteiger partial charge in [0, 0.05) is 49.8 Å². The van der Waals surface area contributed by atoms with Gasteiger partial charge in [0.05, 0.1) is 35.5 Å². The van der Waals surface area contributed by atoms with E-state index in [1.807, 2.05) is 24.3 Å². The minimum Gasteiger partial charge on any atom is -0.488 e. The molecule has 1 aromatic carbocycles. The van der Waals surface area contributed by atoms with Crippen LogP contribution in [-0.2, 0) is 4.79 Å². The standard InChI is InChI=1S/C25H31Cl2N3O4/c1-15-8-18(10-25(31)32)30(13-15)17-4-5-23(19(26)9-17)34-22-6-7-29(14-16(22)2)21-11-24(33-3)28-12-20(21)27/h4-5,9,11-12,15-16,18,22H,6-8,10,13-14H2,1-3H3,(H,31,32)/t15-,16?,18-,22?/m1/s1. The number of aromatic nitrogens is 1. The second kappa shape index (κ2) is 10.5. The van der Waals surface area contributed by atoms with Crippen molar-refractivity contribution in [1.29, 1.82) is 0 Å². The molecular weight excluding hydrogens is 477 g/mol. The van der Waals surface area contributed by atoms with E-state index in [4.69, 9.17) is 32.7 Å². The summed E-state index contributed by atoms with van der Waals surface area (Å²) in [6.45, 7) is 6.71. The number of benzene rings is 1. The van der Waals surface area contributed by atoms with Crippen LogP contribution in [0.2, 0.25) is 10.0 Å². The summed E-state index contributed by atoms with van der Waals surface area (Å²) < 4.78 is 11.6. The van der Waals surface area contributed by atoms with Crippen LogP contribution in [0, 0.1) is 11.8 Å². The number of anilines is 2. The number of carboxylic acids is 1. The number of hydrogen-bond donors (Lipinski definition) is 1. The largest absolute Gasteiger partial charge is 0.488 e. The Hall–Kier alpha value is -2.38. The third-order valence-electron chi connectivity index (χ3n) is 6.75. The van der Waals surface area contributed by atoms with Crippen molar-refractivity contribution in [1.82, 2.24) is 4.98 Å². The zero-order valence-electron chi connectivity index (χ0n) is 19.7. The molecule has 2 fully saturated rings. The molecule has 184 valence electrons. The van der Waals surface area contributed by atoms with Crippen molar-refractivity contribution in [2.75, 3.05) is 36.5 Å². The summed E-state index contributed by atoms with van der Waals surface area (Å²) in [5.41, 5.74) is 1.86. The van der Waals surface area contributed by atoms with Crippen LogP contribution in [0.25, 0.3) is 0 Å². The minimum atomic E-state index is -0.776. The normalized spacial score (nSPS) is 24.9. The van der Waals surface area contributed by atoms with Crippen molar-refractivity contribution in [2.24, 2.45) is 11.8 Å². The van der Waals surface area contributed by atoms with E-state index in [0.29, 0.717) is 27.6 Å². The smallest absolute Gasteiger partial charge is 0.305 e. The van der Waals surface area contributed by atoms with Gasteiger partial charge in [0.2, 0.25) is 5.88 Å². The molecule has 2 aliphatic rings. The lowest BCUT2D eigenvalue weighted by atomic mass is 9.96. The summed E-state index contributed by atoms with van der Waals surface area (Å²) >= 11 is 13.0. The number of piperidine rings is 1. The van der Waals surface area contributed by atoms with Gasteiger partial charge in [-0.05, 0) is 30.5 Å². The number of methoxy groups -OCH3 is 1. The summed E-state index contributed by atoms with van der Waals surface area (Å²) in [7, 11) is 1.59. The van der Waals surface area contributed by atoms with Crippen LogP contribution in [0.15, 0.2) is 30.5 Å². The first-order valence-electron chi connectivity index (χ1n) is 11.6. The molecule has 4 atom stereocenters. The van der Waals surface area contributed by atoms with Crippen LogP contribution < -0.4 is 19.3 Å². The van der Waals surface area contributed by atoms with Crippen molar-refractivity contribution in [3.05, 3.63) is 40.5 Å². The van der Waals surface area contributed by atoms with Crippen molar-refractivity contribution in [2.45, 2.75) is 45.3 Å². The number of ether oxygens (including phenoxy) is 2. The second-order valence-corrected chi connectivity index (χ2v) is 10.2. The topological polar surface area (TPSA) is 75.1 Å². The number of carboxylic acid groups (broad SMARTS) is 1. The van der Waals surface area contributed by atoms with Crippen molar-refractivity contribution >= 4 is 40.5 Å². The van der Waals surface area contributed by atoms with Gasteiger partial charge in [-0.2, -0.15) is 0 Å². The summed E-state index contributed by atoms with van der Waals surface area (Å²) in [5.74, 6) is 1.11. The molecule has 9 heteroatoms.